The third-order valence-corrected chi connectivity index (χ3v) is 4.83. The first-order valence-electron chi connectivity index (χ1n) is 9.01. The summed E-state index contributed by atoms with van der Waals surface area (Å²) in [6.45, 7) is 5.58. The molecule has 144 valence electrons. The minimum atomic E-state index is -0.639. The minimum Gasteiger partial charge on any atom is -0.619 e. The molecule has 3 aromatic rings. The summed E-state index contributed by atoms with van der Waals surface area (Å²) in [5.41, 5.74) is 3.71. The topological polar surface area (TPSA) is 75.2 Å². The van der Waals surface area contributed by atoms with Gasteiger partial charge >= 0.3 is 5.97 Å². The Morgan fingerprint density at radius 2 is 1.75 bits per heavy atom. The molecule has 28 heavy (non-hydrogen) atoms. The number of Topliss-reactive ketones (excluding diaryl/α,β-unsaturated/α-hetero) is 1. The van der Waals surface area contributed by atoms with Gasteiger partial charge in [-0.2, -0.15) is 4.73 Å². The molecule has 3 rings (SSSR count). The van der Waals surface area contributed by atoms with E-state index in [4.69, 9.17) is 4.74 Å². The number of esters is 1. The molecular formula is C22H22N2O4. The van der Waals surface area contributed by atoms with Crippen molar-refractivity contribution >= 4 is 11.8 Å². The number of nitrogens with zero attached hydrogens (tertiary/aromatic N) is 2. The summed E-state index contributed by atoms with van der Waals surface area (Å²) in [5, 5.41) is 11.0. The van der Waals surface area contributed by atoms with Crippen molar-refractivity contribution in [2.75, 3.05) is 6.61 Å². The van der Waals surface area contributed by atoms with E-state index < -0.39 is 5.97 Å². The number of aryl methyl sites for hydroxylation is 1. The maximum atomic E-state index is 12.6. The second-order valence-electron chi connectivity index (χ2n) is 6.69. The first-order valence-corrected chi connectivity index (χ1v) is 9.01. The summed E-state index contributed by atoms with van der Waals surface area (Å²) in [5.74, 6) is -0.900. The molecule has 0 amide bonds. The Kier molecular flexibility index (Phi) is 5.59. The molecule has 0 saturated carbocycles. The smallest absolute Gasteiger partial charge is 0.339 e. The van der Waals surface area contributed by atoms with E-state index in [1.54, 1.807) is 0 Å². The number of carbonyl (C=O) groups excluding carboxylic acids is 2. The van der Waals surface area contributed by atoms with E-state index in [1.807, 2.05) is 38.1 Å². The molecule has 0 unspecified atom stereocenters. The maximum Gasteiger partial charge on any atom is 0.339 e. The van der Waals surface area contributed by atoms with Gasteiger partial charge in [0, 0.05) is 29.1 Å². The third kappa shape index (κ3) is 3.96. The van der Waals surface area contributed by atoms with Crippen molar-refractivity contribution in [3.05, 3.63) is 94.2 Å². The van der Waals surface area contributed by atoms with Crippen LogP contribution in [0.1, 0.15) is 50.6 Å². The largest absolute Gasteiger partial charge is 0.619 e. The zero-order chi connectivity index (χ0) is 20.3. The normalized spacial score (nSPS) is 11.8. The van der Waals surface area contributed by atoms with E-state index >= 15 is 0 Å². The predicted molar refractivity (Wildman–Crippen MR) is 104 cm³/mol. The summed E-state index contributed by atoms with van der Waals surface area (Å²) in [6, 6.07) is 14.7. The highest BCUT2D eigenvalue weighted by molar-refractivity contribution is 6.00. The molecule has 0 saturated heterocycles. The van der Waals surface area contributed by atoms with Gasteiger partial charge < -0.3 is 14.5 Å². The standard InChI is InChI=1S/C22H22N2O4/c1-15-13-20(17(3)24(15)16(2)18-7-5-4-6-8-18)21(25)14-28-22(26)19-9-11-23(27)12-10-19/h4-13,16H,14H2,1-3H3/t16-/m1/s1. The zero-order valence-electron chi connectivity index (χ0n) is 16.1. The number of hydrogen-bond acceptors (Lipinski definition) is 4. The van der Waals surface area contributed by atoms with Gasteiger partial charge in [-0.15, -0.1) is 0 Å². The molecule has 2 heterocycles. The number of ketones is 1. The van der Waals surface area contributed by atoms with Gasteiger partial charge in [0.1, 0.15) is 0 Å². The van der Waals surface area contributed by atoms with E-state index in [0.29, 0.717) is 10.3 Å². The molecule has 0 bridgehead atoms. The van der Waals surface area contributed by atoms with Crippen molar-refractivity contribution in [1.82, 2.24) is 4.57 Å². The van der Waals surface area contributed by atoms with Crippen LogP contribution in [0.5, 0.6) is 0 Å². The lowest BCUT2D eigenvalue weighted by Crippen LogP contribution is -2.24. The molecular weight excluding hydrogens is 356 g/mol. The average Bonchev–Trinajstić information content (AvgIpc) is 3.00. The Hall–Kier alpha value is -3.41. The Morgan fingerprint density at radius 3 is 2.39 bits per heavy atom. The first kappa shape index (κ1) is 19.4. The van der Waals surface area contributed by atoms with Crippen LogP contribution in [0.15, 0.2) is 60.9 Å². The van der Waals surface area contributed by atoms with Crippen LogP contribution in [0, 0.1) is 19.1 Å². The van der Waals surface area contributed by atoms with Crippen molar-refractivity contribution in [2.24, 2.45) is 0 Å². The quantitative estimate of drug-likeness (QED) is 0.285. The molecule has 1 atom stereocenters. The summed E-state index contributed by atoms with van der Waals surface area (Å²) in [4.78, 5) is 24.7. The van der Waals surface area contributed by atoms with Gasteiger partial charge in [0.2, 0.25) is 5.78 Å². The second-order valence-corrected chi connectivity index (χ2v) is 6.69. The number of hydrogen-bond donors (Lipinski definition) is 0. The van der Waals surface area contributed by atoms with Crippen LogP contribution in [0.2, 0.25) is 0 Å². The van der Waals surface area contributed by atoms with Gasteiger partial charge in [-0.25, -0.2) is 4.79 Å². The molecule has 1 aromatic carbocycles. The Labute approximate surface area is 163 Å². The van der Waals surface area contributed by atoms with Crippen LogP contribution in [-0.4, -0.2) is 22.9 Å². The van der Waals surface area contributed by atoms with Crippen molar-refractivity contribution in [1.29, 1.82) is 0 Å². The number of carbonyl (C=O) groups is 2. The number of rotatable bonds is 6. The van der Waals surface area contributed by atoms with Crippen molar-refractivity contribution in [2.45, 2.75) is 26.8 Å². The van der Waals surface area contributed by atoms with Crippen LogP contribution in [0.4, 0.5) is 0 Å². The molecule has 0 spiro atoms. The zero-order valence-corrected chi connectivity index (χ0v) is 16.1. The highest BCUT2D eigenvalue weighted by Gasteiger charge is 2.21. The fraction of sp³-hybridized carbons (Fsp3) is 0.227. The van der Waals surface area contributed by atoms with Crippen molar-refractivity contribution < 1.29 is 19.1 Å². The number of aromatic nitrogens is 2. The van der Waals surface area contributed by atoms with Crippen LogP contribution in [0.25, 0.3) is 0 Å². The molecule has 2 aromatic heterocycles. The van der Waals surface area contributed by atoms with Crippen LogP contribution < -0.4 is 4.73 Å². The van der Waals surface area contributed by atoms with Crippen molar-refractivity contribution in [3.8, 4) is 0 Å². The van der Waals surface area contributed by atoms with Gasteiger partial charge in [-0.1, -0.05) is 30.3 Å². The van der Waals surface area contributed by atoms with Crippen LogP contribution in [0.3, 0.4) is 0 Å². The van der Waals surface area contributed by atoms with Crippen LogP contribution >= 0.6 is 0 Å². The monoisotopic (exact) mass is 378 g/mol. The van der Waals surface area contributed by atoms with Crippen molar-refractivity contribution in [3.63, 3.8) is 0 Å². The van der Waals surface area contributed by atoms with Gasteiger partial charge in [-0.3, -0.25) is 4.79 Å². The molecule has 6 nitrogen and oxygen atoms in total. The maximum absolute atomic E-state index is 12.6. The van der Waals surface area contributed by atoms with Gasteiger partial charge in [0.15, 0.2) is 19.0 Å². The lowest BCUT2D eigenvalue weighted by molar-refractivity contribution is -0.605. The van der Waals surface area contributed by atoms with E-state index in [1.165, 1.54) is 24.5 Å². The fourth-order valence-electron chi connectivity index (χ4n) is 3.38. The molecule has 0 aliphatic rings. The highest BCUT2D eigenvalue weighted by Crippen LogP contribution is 2.25. The Bertz CT molecular complexity index is 991. The molecule has 0 aliphatic carbocycles. The molecule has 0 fully saturated rings. The number of pyridine rings is 1. The molecule has 0 radical (unpaired) electrons. The second kappa shape index (κ2) is 8.08. The third-order valence-electron chi connectivity index (χ3n) is 4.83. The summed E-state index contributed by atoms with van der Waals surface area (Å²) in [6.07, 6.45) is 2.41. The number of ether oxygens (including phenoxy) is 1. The number of benzene rings is 1. The summed E-state index contributed by atoms with van der Waals surface area (Å²) in [7, 11) is 0. The minimum absolute atomic E-state index is 0.0772. The SMILES string of the molecule is Cc1cc(C(=O)COC(=O)c2cc[n+]([O-])cc2)c(C)n1[C@H](C)c1ccccc1. The lowest BCUT2D eigenvalue weighted by Gasteiger charge is -2.19. The van der Waals surface area contributed by atoms with E-state index in [0.717, 1.165) is 17.0 Å². The van der Waals surface area contributed by atoms with Gasteiger partial charge in [0.25, 0.3) is 0 Å². The molecule has 6 heteroatoms. The Balaban J connectivity index is 1.74. The van der Waals surface area contributed by atoms with Gasteiger partial charge in [0.05, 0.1) is 11.6 Å². The van der Waals surface area contributed by atoms with E-state index in [2.05, 4.69) is 23.6 Å². The summed E-state index contributed by atoms with van der Waals surface area (Å²) < 4.78 is 7.80. The predicted octanol–water partition coefficient (Wildman–Crippen LogP) is 3.39. The first-order chi connectivity index (χ1) is 13.4. The van der Waals surface area contributed by atoms with E-state index in [9.17, 15) is 14.8 Å². The molecule has 0 aliphatic heterocycles. The lowest BCUT2D eigenvalue weighted by atomic mass is 10.1. The van der Waals surface area contributed by atoms with Crippen LogP contribution in [-0.2, 0) is 4.74 Å². The fourth-order valence-corrected chi connectivity index (χ4v) is 3.38. The highest BCUT2D eigenvalue weighted by atomic mass is 16.5. The van der Waals surface area contributed by atoms with Gasteiger partial charge in [-0.05, 0) is 32.4 Å². The Morgan fingerprint density at radius 1 is 1.11 bits per heavy atom. The summed E-state index contributed by atoms with van der Waals surface area (Å²) >= 11 is 0. The molecule has 0 N–H and O–H groups in total. The average molecular weight is 378 g/mol. The van der Waals surface area contributed by atoms with E-state index in [-0.39, 0.29) is 24.0 Å².